The van der Waals surface area contributed by atoms with Crippen molar-refractivity contribution in [3.63, 3.8) is 0 Å². The van der Waals surface area contributed by atoms with Crippen LogP contribution >= 0.6 is 23.2 Å². The Bertz CT molecular complexity index is 485. The summed E-state index contributed by atoms with van der Waals surface area (Å²) in [7, 11) is 0. The number of carbonyl (C=O) groups excluding carboxylic acids is 1. The molecule has 1 aliphatic carbocycles. The minimum absolute atomic E-state index is 0.124. The van der Waals surface area contributed by atoms with Crippen LogP contribution in [0.25, 0.3) is 0 Å². The van der Waals surface area contributed by atoms with Crippen molar-refractivity contribution in [3.8, 4) is 5.75 Å². The van der Waals surface area contributed by atoms with Crippen molar-refractivity contribution < 1.29 is 9.53 Å². The van der Waals surface area contributed by atoms with E-state index in [1.165, 1.54) is 0 Å². The standard InChI is InChI=1S/C14H17Cl2NO2/c1-9(2)19-11-6-4-10(5-7-11)17-12(18)13(3)8-14(13,15)16/h4-7,9H,8H2,1-3H3,(H,17,18). The number of rotatable bonds is 4. The van der Waals surface area contributed by atoms with Gasteiger partial charge in [-0.25, -0.2) is 0 Å². The molecule has 104 valence electrons. The van der Waals surface area contributed by atoms with E-state index < -0.39 is 9.75 Å². The van der Waals surface area contributed by atoms with Crippen molar-refractivity contribution in [3.05, 3.63) is 24.3 Å². The minimum Gasteiger partial charge on any atom is -0.491 e. The number of halogens is 2. The zero-order valence-corrected chi connectivity index (χ0v) is 12.7. The summed E-state index contributed by atoms with van der Waals surface area (Å²) in [6, 6.07) is 7.23. The number of benzene rings is 1. The van der Waals surface area contributed by atoms with Gasteiger partial charge < -0.3 is 10.1 Å². The van der Waals surface area contributed by atoms with E-state index in [2.05, 4.69) is 5.32 Å². The number of ether oxygens (including phenoxy) is 1. The first-order valence-corrected chi connectivity index (χ1v) is 6.96. The molecule has 5 heteroatoms. The topological polar surface area (TPSA) is 38.3 Å². The first-order chi connectivity index (χ1) is 8.74. The van der Waals surface area contributed by atoms with Gasteiger partial charge in [-0.2, -0.15) is 0 Å². The van der Waals surface area contributed by atoms with E-state index in [0.29, 0.717) is 12.1 Å². The molecule has 0 radical (unpaired) electrons. The lowest BCUT2D eigenvalue weighted by Gasteiger charge is -2.14. The summed E-state index contributed by atoms with van der Waals surface area (Å²) >= 11 is 12.0. The number of amides is 1. The molecular formula is C14H17Cl2NO2. The van der Waals surface area contributed by atoms with Gasteiger partial charge in [0.25, 0.3) is 0 Å². The van der Waals surface area contributed by atoms with Gasteiger partial charge >= 0.3 is 0 Å². The van der Waals surface area contributed by atoms with Gasteiger partial charge in [0.1, 0.15) is 10.1 Å². The second-order valence-corrected chi connectivity index (χ2v) is 6.84. The van der Waals surface area contributed by atoms with E-state index in [4.69, 9.17) is 27.9 Å². The Morgan fingerprint density at radius 2 is 1.84 bits per heavy atom. The van der Waals surface area contributed by atoms with Crippen LogP contribution in [0.15, 0.2) is 24.3 Å². The molecule has 19 heavy (non-hydrogen) atoms. The van der Waals surface area contributed by atoms with Crippen LogP contribution in [0.4, 0.5) is 5.69 Å². The first-order valence-electron chi connectivity index (χ1n) is 6.21. The van der Waals surface area contributed by atoms with E-state index in [9.17, 15) is 4.79 Å². The van der Waals surface area contributed by atoms with Crippen LogP contribution < -0.4 is 10.1 Å². The lowest BCUT2D eigenvalue weighted by molar-refractivity contribution is -0.120. The highest BCUT2D eigenvalue weighted by molar-refractivity contribution is 6.53. The van der Waals surface area contributed by atoms with Crippen LogP contribution in [0.2, 0.25) is 0 Å². The fraction of sp³-hybridized carbons (Fsp3) is 0.500. The monoisotopic (exact) mass is 301 g/mol. The highest BCUT2D eigenvalue weighted by Crippen LogP contribution is 2.64. The zero-order valence-electron chi connectivity index (χ0n) is 11.2. The fourth-order valence-electron chi connectivity index (χ4n) is 1.80. The molecule has 1 aliphatic rings. The molecule has 2 rings (SSSR count). The Hall–Kier alpha value is -0.930. The molecule has 1 aromatic carbocycles. The van der Waals surface area contributed by atoms with Crippen LogP contribution in [0.1, 0.15) is 27.2 Å². The number of anilines is 1. The molecule has 0 saturated heterocycles. The molecule has 1 atom stereocenters. The van der Waals surface area contributed by atoms with E-state index in [1.54, 1.807) is 19.1 Å². The molecule has 1 amide bonds. The van der Waals surface area contributed by atoms with Gasteiger partial charge in [0.2, 0.25) is 5.91 Å². The molecule has 0 heterocycles. The summed E-state index contributed by atoms with van der Waals surface area (Å²) in [5.41, 5.74) is 0.00168. The summed E-state index contributed by atoms with van der Waals surface area (Å²) in [4.78, 5) is 12.1. The zero-order chi connectivity index (χ0) is 14.3. The van der Waals surface area contributed by atoms with Crippen LogP contribution in [-0.2, 0) is 4.79 Å². The maximum atomic E-state index is 12.1. The quantitative estimate of drug-likeness (QED) is 0.854. The Balaban J connectivity index is 1.99. The molecule has 3 nitrogen and oxygen atoms in total. The van der Waals surface area contributed by atoms with Crippen molar-refractivity contribution in [2.75, 3.05) is 5.32 Å². The number of hydrogen-bond acceptors (Lipinski definition) is 2. The molecule has 0 spiro atoms. The predicted molar refractivity (Wildman–Crippen MR) is 78.0 cm³/mol. The molecule has 0 aromatic heterocycles. The third-order valence-electron chi connectivity index (χ3n) is 3.24. The Morgan fingerprint density at radius 3 is 2.26 bits per heavy atom. The smallest absolute Gasteiger partial charge is 0.233 e. The number of carbonyl (C=O) groups is 1. The van der Waals surface area contributed by atoms with Gasteiger partial charge in [-0.15, -0.1) is 23.2 Å². The average molecular weight is 302 g/mol. The summed E-state index contributed by atoms with van der Waals surface area (Å²) in [5.74, 6) is 0.615. The van der Waals surface area contributed by atoms with Crippen LogP contribution in [0, 0.1) is 5.41 Å². The summed E-state index contributed by atoms with van der Waals surface area (Å²) in [5, 5.41) is 2.82. The van der Waals surface area contributed by atoms with Gasteiger partial charge in [0.05, 0.1) is 11.5 Å². The number of nitrogens with one attached hydrogen (secondary N) is 1. The third kappa shape index (κ3) is 2.98. The molecule has 1 unspecified atom stereocenters. The summed E-state index contributed by atoms with van der Waals surface area (Å²) in [6.07, 6.45) is 0.600. The van der Waals surface area contributed by atoms with Crippen molar-refractivity contribution >= 4 is 34.8 Å². The molecule has 1 fully saturated rings. The molecular weight excluding hydrogens is 285 g/mol. The SMILES string of the molecule is CC(C)Oc1ccc(NC(=O)C2(C)CC2(Cl)Cl)cc1. The van der Waals surface area contributed by atoms with Crippen molar-refractivity contribution in [2.45, 2.75) is 37.6 Å². The lowest BCUT2D eigenvalue weighted by Crippen LogP contribution is -2.25. The molecule has 0 bridgehead atoms. The maximum Gasteiger partial charge on any atom is 0.233 e. The molecule has 1 N–H and O–H groups in total. The fourth-order valence-corrected chi connectivity index (χ4v) is 2.51. The van der Waals surface area contributed by atoms with E-state index in [1.807, 2.05) is 26.0 Å². The highest BCUT2D eigenvalue weighted by atomic mass is 35.5. The van der Waals surface area contributed by atoms with E-state index >= 15 is 0 Å². The average Bonchev–Trinajstić information content (AvgIpc) is 2.82. The predicted octanol–water partition coefficient (Wildman–Crippen LogP) is 4.00. The second-order valence-electron chi connectivity index (χ2n) is 5.36. The third-order valence-corrected chi connectivity index (χ3v) is 4.34. The van der Waals surface area contributed by atoms with Crippen LogP contribution in [0.5, 0.6) is 5.75 Å². The van der Waals surface area contributed by atoms with Crippen LogP contribution in [-0.4, -0.2) is 16.3 Å². The van der Waals surface area contributed by atoms with Crippen molar-refractivity contribution in [2.24, 2.45) is 5.41 Å². The number of alkyl halides is 2. The first kappa shape index (κ1) is 14.5. The molecule has 1 saturated carbocycles. The normalized spacial score (nSPS) is 24.1. The van der Waals surface area contributed by atoms with E-state index in [0.717, 1.165) is 5.75 Å². The van der Waals surface area contributed by atoms with E-state index in [-0.39, 0.29) is 12.0 Å². The molecule has 0 aliphatic heterocycles. The highest BCUT2D eigenvalue weighted by Gasteiger charge is 2.67. The van der Waals surface area contributed by atoms with Gasteiger partial charge in [-0.3, -0.25) is 4.79 Å². The van der Waals surface area contributed by atoms with Crippen molar-refractivity contribution in [1.82, 2.24) is 0 Å². The van der Waals surface area contributed by atoms with Crippen molar-refractivity contribution in [1.29, 1.82) is 0 Å². The van der Waals surface area contributed by atoms with Gasteiger partial charge in [0.15, 0.2) is 0 Å². The van der Waals surface area contributed by atoms with Crippen LogP contribution in [0.3, 0.4) is 0 Å². The maximum absolute atomic E-state index is 12.1. The Labute approximate surface area is 123 Å². The summed E-state index contributed by atoms with van der Waals surface area (Å²) < 4.78 is 4.59. The van der Waals surface area contributed by atoms with Gasteiger partial charge in [-0.05, 0) is 51.5 Å². The largest absolute Gasteiger partial charge is 0.491 e. The number of hydrogen-bond donors (Lipinski definition) is 1. The molecule has 1 aromatic rings. The Morgan fingerprint density at radius 1 is 1.32 bits per heavy atom. The Kier molecular flexibility index (Phi) is 3.72. The summed E-state index contributed by atoms with van der Waals surface area (Å²) in [6.45, 7) is 5.69. The minimum atomic E-state index is -0.947. The lowest BCUT2D eigenvalue weighted by atomic mass is 10.1. The second kappa shape index (κ2) is 4.88. The van der Waals surface area contributed by atoms with Gasteiger partial charge in [-0.1, -0.05) is 0 Å². The van der Waals surface area contributed by atoms with Gasteiger partial charge in [0, 0.05) is 5.69 Å².